The van der Waals surface area contributed by atoms with Crippen molar-refractivity contribution in [3.63, 3.8) is 0 Å². The summed E-state index contributed by atoms with van der Waals surface area (Å²) in [4.78, 5) is 3.65. The predicted octanol–water partition coefficient (Wildman–Crippen LogP) is 2.63. The van der Waals surface area contributed by atoms with E-state index in [9.17, 15) is 18.3 Å². The second-order valence-electron chi connectivity index (χ2n) is 4.11. The minimum atomic E-state index is -4.67. The fourth-order valence-corrected chi connectivity index (χ4v) is 2.00. The van der Waals surface area contributed by atoms with Crippen LogP contribution in [0.1, 0.15) is 25.0 Å². The summed E-state index contributed by atoms with van der Waals surface area (Å²) in [7, 11) is 0. The molecule has 2 nitrogen and oxygen atoms in total. The van der Waals surface area contributed by atoms with Crippen molar-refractivity contribution >= 4 is 0 Å². The van der Waals surface area contributed by atoms with Crippen molar-refractivity contribution in [2.24, 2.45) is 5.92 Å². The SMILES string of the molecule is OC(c1ccccn1)(C1CCC1)C(F)(F)F. The van der Waals surface area contributed by atoms with E-state index in [1.165, 1.54) is 24.4 Å². The molecule has 1 aromatic heterocycles. The van der Waals surface area contributed by atoms with Gasteiger partial charge in [-0.2, -0.15) is 13.2 Å². The third-order valence-electron chi connectivity index (χ3n) is 3.18. The highest BCUT2D eigenvalue weighted by Crippen LogP contribution is 2.50. The van der Waals surface area contributed by atoms with E-state index < -0.39 is 17.7 Å². The first-order chi connectivity index (χ1) is 7.46. The highest BCUT2D eigenvalue weighted by atomic mass is 19.4. The Hall–Kier alpha value is -1.10. The Kier molecular flexibility index (Phi) is 2.66. The van der Waals surface area contributed by atoms with Gasteiger partial charge in [-0.3, -0.25) is 4.98 Å². The van der Waals surface area contributed by atoms with Gasteiger partial charge in [0.25, 0.3) is 0 Å². The lowest BCUT2D eigenvalue weighted by Gasteiger charge is -2.41. The second-order valence-corrected chi connectivity index (χ2v) is 4.11. The molecule has 88 valence electrons. The summed E-state index contributed by atoms with van der Waals surface area (Å²) in [5.41, 5.74) is -3.08. The zero-order valence-corrected chi connectivity index (χ0v) is 8.54. The Morgan fingerprint density at radius 1 is 1.25 bits per heavy atom. The van der Waals surface area contributed by atoms with E-state index in [2.05, 4.69) is 4.98 Å². The first kappa shape index (κ1) is 11.4. The van der Waals surface area contributed by atoms with Gasteiger partial charge in [-0.05, 0) is 25.0 Å². The Balaban J connectivity index is 2.42. The average molecular weight is 231 g/mol. The summed E-state index contributed by atoms with van der Waals surface area (Å²) < 4.78 is 38.9. The Morgan fingerprint density at radius 3 is 2.31 bits per heavy atom. The van der Waals surface area contributed by atoms with Gasteiger partial charge in [0.05, 0.1) is 5.69 Å². The smallest absolute Gasteiger partial charge is 0.375 e. The van der Waals surface area contributed by atoms with Crippen LogP contribution in [0.2, 0.25) is 0 Å². The molecule has 0 aliphatic heterocycles. The molecule has 1 saturated carbocycles. The molecule has 0 spiro atoms. The largest absolute Gasteiger partial charge is 0.423 e. The highest BCUT2D eigenvalue weighted by Gasteiger charge is 2.61. The maximum atomic E-state index is 13.0. The lowest BCUT2D eigenvalue weighted by Crippen LogP contribution is -2.51. The van der Waals surface area contributed by atoms with E-state index >= 15 is 0 Å². The van der Waals surface area contributed by atoms with E-state index in [-0.39, 0.29) is 5.69 Å². The summed E-state index contributed by atoms with van der Waals surface area (Å²) in [5.74, 6) is -0.762. The van der Waals surface area contributed by atoms with E-state index in [0.717, 1.165) is 6.42 Å². The molecule has 0 radical (unpaired) electrons. The van der Waals surface area contributed by atoms with Crippen LogP contribution < -0.4 is 0 Å². The third-order valence-corrected chi connectivity index (χ3v) is 3.18. The monoisotopic (exact) mass is 231 g/mol. The predicted molar refractivity (Wildman–Crippen MR) is 51.5 cm³/mol. The molecule has 16 heavy (non-hydrogen) atoms. The molecule has 1 atom stereocenters. The molecule has 1 heterocycles. The second kappa shape index (κ2) is 3.73. The zero-order valence-electron chi connectivity index (χ0n) is 8.54. The molecular weight excluding hydrogens is 219 g/mol. The quantitative estimate of drug-likeness (QED) is 0.848. The van der Waals surface area contributed by atoms with Crippen molar-refractivity contribution < 1.29 is 18.3 Å². The fraction of sp³-hybridized carbons (Fsp3) is 0.545. The Bertz CT molecular complexity index is 361. The normalized spacial score (nSPS) is 21.2. The van der Waals surface area contributed by atoms with E-state index in [4.69, 9.17) is 0 Å². The maximum Gasteiger partial charge on any atom is 0.423 e. The summed E-state index contributed by atoms with van der Waals surface area (Å²) in [5, 5.41) is 9.95. The molecule has 0 aromatic carbocycles. The standard InChI is InChI=1S/C11H12F3NO/c12-11(13,14)10(16,8-4-3-5-8)9-6-1-2-7-15-9/h1-2,6-8,16H,3-5H2. The number of rotatable bonds is 2. The number of pyridine rings is 1. The van der Waals surface area contributed by atoms with Crippen LogP contribution in [0.3, 0.4) is 0 Å². The summed E-state index contributed by atoms with van der Waals surface area (Å²) >= 11 is 0. The number of aliphatic hydroxyl groups is 1. The number of nitrogens with zero attached hydrogens (tertiary/aromatic N) is 1. The van der Waals surface area contributed by atoms with E-state index in [1.807, 2.05) is 0 Å². The number of aromatic nitrogens is 1. The summed E-state index contributed by atoms with van der Waals surface area (Å²) in [6, 6.07) is 4.21. The highest BCUT2D eigenvalue weighted by molar-refractivity contribution is 5.18. The van der Waals surface area contributed by atoms with Gasteiger partial charge in [-0.1, -0.05) is 12.5 Å². The van der Waals surface area contributed by atoms with Crippen LogP contribution in [0.5, 0.6) is 0 Å². The third kappa shape index (κ3) is 1.59. The topological polar surface area (TPSA) is 33.1 Å². The van der Waals surface area contributed by atoms with Crippen molar-refractivity contribution in [1.29, 1.82) is 0 Å². The van der Waals surface area contributed by atoms with Crippen LogP contribution in [-0.4, -0.2) is 16.3 Å². The summed E-state index contributed by atoms with van der Waals surface area (Å²) in [6.07, 6.45) is -1.88. The van der Waals surface area contributed by atoms with Crippen molar-refractivity contribution in [3.05, 3.63) is 30.1 Å². The maximum absolute atomic E-state index is 13.0. The molecule has 1 unspecified atom stereocenters. The van der Waals surface area contributed by atoms with Crippen LogP contribution in [0.4, 0.5) is 13.2 Å². The van der Waals surface area contributed by atoms with Gasteiger partial charge in [0, 0.05) is 12.1 Å². The lowest BCUT2D eigenvalue weighted by molar-refractivity contribution is -0.297. The zero-order chi connectivity index (χ0) is 11.8. The number of halogens is 3. The van der Waals surface area contributed by atoms with Gasteiger partial charge in [-0.25, -0.2) is 0 Å². The van der Waals surface area contributed by atoms with E-state index in [1.54, 1.807) is 0 Å². The molecule has 1 fully saturated rings. The van der Waals surface area contributed by atoms with Gasteiger partial charge in [0.1, 0.15) is 0 Å². The summed E-state index contributed by atoms with van der Waals surface area (Å²) in [6.45, 7) is 0. The first-order valence-corrected chi connectivity index (χ1v) is 5.17. The minimum Gasteiger partial charge on any atom is -0.375 e. The molecular formula is C11H12F3NO. The molecule has 1 N–H and O–H groups in total. The molecule has 2 rings (SSSR count). The van der Waals surface area contributed by atoms with Gasteiger partial charge >= 0.3 is 6.18 Å². The van der Waals surface area contributed by atoms with Crippen LogP contribution in [-0.2, 0) is 5.60 Å². The molecule has 0 amide bonds. The van der Waals surface area contributed by atoms with Crippen molar-refractivity contribution in [2.75, 3.05) is 0 Å². The lowest BCUT2D eigenvalue weighted by atomic mass is 9.70. The van der Waals surface area contributed by atoms with Crippen LogP contribution >= 0.6 is 0 Å². The molecule has 1 aliphatic rings. The molecule has 1 aromatic rings. The van der Waals surface area contributed by atoms with Gasteiger partial charge in [-0.15, -0.1) is 0 Å². The van der Waals surface area contributed by atoms with Gasteiger partial charge in [0.15, 0.2) is 0 Å². The van der Waals surface area contributed by atoms with Crippen molar-refractivity contribution in [1.82, 2.24) is 4.98 Å². The number of hydrogen-bond donors (Lipinski definition) is 1. The Labute approximate surface area is 91.1 Å². The van der Waals surface area contributed by atoms with Crippen LogP contribution in [0, 0.1) is 5.92 Å². The molecule has 0 bridgehead atoms. The van der Waals surface area contributed by atoms with Crippen LogP contribution in [0.25, 0.3) is 0 Å². The van der Waals surface area contributed by atoms with Gasteiger partial charge in [0.2, 0.25) is 5.60 Å². The fourth-order valence-electron chi connectivity index (χ4n) is 2.00. The van der Waals surface area contributed by atoms with Crippen molar-refractivity contribution in [2.45, 2.75) is 31.0 Å². The van der Waals surface area contributed by atoms with Crippen LogP contribution in [0.15, 0.2) is 24.4 Å². The number of hydrogen-bond acceptors (Lipinski definition) is 2. The molecule has 5 heteroatoms. The Morgan fingerprint density at radius 2 is 1.94 bits per heavy atom. The molecule has 0 saturated heterocycles. The van der Waals surface area contributed by atoms with Crippen molar-refractivity contribution in [3.8, 4) is 0 Å². The molecule has 1 aliphatic carbocycles. The minimum absolute atomic E-state index is 0.299. The number of alkyl halides is 3. The van der Waals surface area contributed by atoms with E-state index in [0.29, 0.717) is 12.8 Å². The average Bonchev–Trinajstić information content (AvgIpc) is 2.14. The van der Waals surface area contributed by atoms with Gasteiger partial charge < -0.3 is 5.11 Å². The first-order valence-electron chi connectivity index (χ1n) is 5.17.